The standard InChI is InChI=1S/C17H23N3O5S/c1-18(13-5-3-2-4-6-13)17(23)20-10-9-19(8-7-16(21)22)14-11-26(24,25)12-15(14)20/h2-6,14-15H,7-12H2,1H3,(H,21,22)/t14-,15+/m1/s1. The number of hydrogen-bond acceptors (Lipinski definition) is 5. The lowest BCUT2D eigenvalue weighted by Crippen LogP contribution is -2.62. The van der Waals surface area contributed by atoms with Crippen LogP contribution in [0.25, 0.3) is 0 Å². The number of nitrogens with zero attached hydrogens (tertiary/aromatic N) is 3. The summed E-state index contributed by atoms with van der Waals surface area (Å²) < 4.78 is 24.4. The molecule has 2 heterocycles. The van der Waals surface area contributed by atoms with E-state index >= 15 is 0 Å². The molecule has 2 aliphatic heterocycles. The van der Waals surface area contributed by atoms with Crippen LogP contribution in [0.15, 0.2) is 30.3 Å². The number of aliphatic carboxylic acids is 1. The molecular formula is C17H23N3O5S. The van der Waals surface area contributed by atoms with Crippen LogP contribution in [0.3, 0.4) is 0 Å². The molecule has 2 fully saturated rings. The molecule has 0 bridgehead atoms. The summed E-state index contributed by atoms with van der Waals surface area (Å²) in [6.07, 6.45) is -0.0405. The summed E-state index contributed by atoms with van der Waals surface area (Å²) in [7, 11) is -1.59. The number of hydrogen-bond donors (Lipinski definition) is 1. The van der Waals surface area contributed by atoms with Gasteiger partial charge in [-0.1, -0.05) is 18.2 Å². The molecule has 1 N–H and O–H groups in total. The van der Waals surface area contributed by atoms with E-state index in [1.54, 1.807) is 11.9 Å². The number of sulfone groups is 1. The van der Waals surface area contributed by atoms with Crippen LogP contribution in [0.2, 0.25) is 0 Å². The number of benzene rings is 1. The number of para-hydroxylation sites is 1. The van der Waals surface area contributed by atoms with Crippen molar-refractivity contribution in [1.29, 1.82) is 0 Å². The third kappa shape index (κ3) is 3.83. The molecule has 1 aromatic rings. The van der Waals surface area contributed by atoms with Crippen molar-refractivity contribution in [2.24, 2.45) is 0 Å². The number of amides is 2. The van der Waals surface area contributed by atoms with E-state index in [1.165, 1.54) is 4.90 Å². The van der Waals surface area contributed by atoms with E-state index in [1.807, 2.05) is 35.2 Å². The summed E-state index contributed by atoms with van der Waals surface area (Å²) in [6, 6.07) is 8.16. The topological polar surface area (TPSA) is 98.2 Å². The SMILES string of the molecule is CN(C(=O)N1CCN(CCC(=O)O)[C@@H]2CS(=O)(=O)C[C@@H]21)c1ccccc1. The van der Waals surface area contributed by atoms with Gasteiger partial charge in [0.2, 0.25) is 0 Å². The molecule has 0 radical (unpaired) electrons. The molecule has 2 atom stereocenters. The molecule has 3 rings (SSSR count). The van der Waals surface area contributed by atoms with Crippen LogP contribution in [-0.2, 0) is 14.6 Å². The van der Waals surface area contributed by atoms with Crippen LogP contribution in [0.5, 0.6) is 0 Å². The van der Waals surface area contributed by atoms with Crippen molar-refractivity contribution in [3.63, 3.8) is 0 Å². The van der Waals surface area contributed by atoms with Gasteiger partial charge in [-0.15, -0.1) is 0 Å². The van der Waals surface area contributed by atoms with E-state index < -0.39 is 21.8 Å². The second-order valence-electron chi connectivity index (χ2n) is 6.76. The number of carboxylic acid groups (broad SMARTS) is 1. The Bertz CT molecular complexity index is 783. The number of piperazine rings is 1. The third-order valence-corrected chi connectivity index (χ3v) is 6.78. The first-order valence-corrected chi connectivity index (χ1v) is 10.4. The van der Waals surface area contributed by atoms with Crippen LogP contribution >= 0.6 is 0 Å². The summed E-state index contributed by atoms with van der Waals surface area (Å²) in [5, 5.41) is 8.91. The van der Waals surface area contributed by atoms with Gasteiger partial charge in [0.1, 0.15) is 0 Å². The van der Waals surface area contributed by atoms with E-state index in [2.05, 4.69) is 0 Å². The van der Waals surface area contributed by atoms with E-state index in [0.29, 0.717) is 19.6 Å². The molecule has 2 amide bonds. The first-order chi connectivity index (χ1) is 12.3. The highest BCUT2D eigenvalue weighted by atomic mass is 32.2. The van der Waals surface area contributed by atoms with E-state index in [9.17, 15) is 18.0 Å². The van der Waals surface area contributed by atoms with Crippen molar-refractivity contribution in [2.45, 2.75) is 18.5 Å². The van der Waals surface area contributed by atoms with Gasteiger partial charge >= 0.3 is 12.0 Å². The lowest BCUT2D eigenvalue weighted by atomic mass is 10.0. The van der Waals surface area contributed by atoms with Crippen LogP contribution in [0, 0.1) is 0 Å². The molecule has 9 heteroatoms. The fourth-order valence-electron chi connectivity index (χ4n) is 3.73. The van der Waals surface area contributed by atoms with Gasteiger partial charge in [-0.25, -0.2) is 13.2 Å². The number of rotatable bonds is 4. The third-order valence-electron chi connectivity index (χ3n) is 5.08. The number of fused-ring (bicyclic) bond motifs is 1. The van der Waals surface area contributed by atoms with Gasteiger partial charge in [0, 0.05) is 38.4 Å². The molecule has 2 saturated heterocycles. The molecule has 0 aromatic heterocycles. The van der Waals surface area contributed by atoms with Crippen molar-refractivity contribution in [1.82, 2.24) is 9.80 Å². The fourth-order valence-corrected chi connectivity index (χ4v) is 5.75. The maximum Gasteiger partial charge on any atom is 0.324 e. The zero-order valence-corrected chi connectivity index (χ0v) is 15.4. The molecule has 0 saturated carbocycles. The molecule has 8 nitrogen and oxygen atoms in total. The molecule has 0 aliphatic carbocycles. The number of anilines is 1. The van der Waals surface area contributed by atoms with Crippen LogP contribution in [0.4, 0.5) is 10.5 Å². The lowest BCUT2D eigenvalue weighted by Gasteiger charge is -2.44. The molecule has 0 unspecified atom stereocenters. The van der Waals surface area contributed by atoms with Crippen LogP contribution in [0.1, 0.15) is 6.42 Å². The fraction of sp³-hybridized carbons (Fsp3) is 0.529. The Morgan fingerprint density at radius 2 is 1.81 bits per heavy atom. The second-order valence-corrected chi connectivity index (χ2v) is 8.92. The van der Waals surface area contributed by atoms with E-state index in [4.69, 9.17) is 5.11 Å². The quantitative estimate of drug-likeness (QED) is 0.816. The van der Waals surface area contributed by atoms with Gasteiger partial charge in [0.05, 0.1) is 24.0 Å². The lowest BCUT2D eigenvalue weighted by molar-refractivity contribution is -0.137. The van der Waals surface area contributed by atoms with Crippen molar-refractivity contribution in [2.75, 3.05) is 43.1 Å². The highest BCUT2D eigenvalue weighted by molar-refractivity contribution is 7.91. The number of urea groups is 1. The predicted molar refractivity (Wildman–Crippen MR) is 97.0 cm³/mol. The Kier molecular flexibility index (Phi) is 5.19. The highest BCUT2D eigenvalue weighted by Crippen LogP contribution is 2.28. The second kappa shape index (κ2) is 7.24. The highest BCUT2D eigenvalue weighted by Gasteiger charge is 2.48. The normalized spacial score (nSPS) is 24.9. The molecule has 1 aromatic carbocycles. The average molecular weight is 381 g/mol. The Morgan fingerprint density at radius 1 is 1.15 bits per heavy atom. The Balaban J connectivity index is 1.79. The van der Waals surface area contributed by atoms with Gasteiger partial charge in [-0.05, 0) is 12.1 Å². The number of carbonyl (C=O) groups excluding carboxylic acids is 1. The molecule has 2 aliphatic rings. The van der Waals surface area contributed by atoms with Gasteiger partial charge in [-0.3, -0.25) is 14.6 Å². The minimum absolute atomic E-state index is 0.0316. The van der Waals surface area contributed by atoms with E-state index in [0.717, 1.165) is 5.69 Å². The van der Waals surface area contributed by atoms with Gasteiger partial charge in [-0.2, -0.15) is 0 Å². The largest absolute Gasteiger partial charge is 0.481 e. The first kappa shape index (κ1) is 18.7. The van der Waals surface area contributed by atoms with Gasteiger partial charge in [0.25, 0.3) is 0 Å². The van der Waals surface area contributed by atoms with Crippen LogP contribution < -0.4 is 4.90 Å². The smallest absolute Gasteiger partial charge is 0.324 e. The van der Waals surface area contributed by atoms with Crippen LogP contribution in [-0.4, -0.2) is 85.6 Å². The average Bonchev–Trinajstić information content (AvgIpc) is 2.94. The molecular weight excluding hydrogens is 358 g/mol. The minimum Gasteiger partial charge on any atom is -0.481 e. The van der Waals surface area contributed by atoms with Crippen molar-refractivity contribution in [3.05, 3.63) is 30.3 Å². The monoisotopic (exact) mass is 381 g/mol. The first-order valence-electron chi connectivity index (χ1n) is 8.54. The van der Waals surface area contributed by atoms with Gasteiger partial charge in [0.15, 0.2) is 9.84 Å². The Hall–Kier alpha value is -2.13. The number of carbonyl (C=O) groups is 2. The number of carboxylic acids is 1. The predicted octanol–water partition coefficient (Wildman–Crippen LogP) is 0.501. The van der Waals surface area contributed by atoms with Gasteiger partial charge < -0.3 is 10.0 Å². The summed E-state index contributed by atoms with van der Waals surface area (Å²) in [6.45, 7) is 1.15. The zero-order chi connectivity index (χ0) is 18.9. The van der Waals surface area contributed by atoms with Crippen molar-refractivity contribution < 1.29 is 23.1 Å². The van der Waals surface area contributed by atoms with Crippen molar-refractivity contribution in [3.8, 4) is 0 Å². The molecule has 26 heavy (non-hydrogen) atoms. The Labute approximate surface area is 152 Å². The molecule has 0 spiro atoms. The Morgan fingerprint density at radius 3 is 2.46 bits per heavy atom. The molecule has 142 valence electrons. The minimum atomic E-state index is -3.26. The maximum absolute atomic E-state index is 13.0. The summed E-state index contributed by atoms with van der Waals surface area (Å²) in [4.78, 5) is 28.9. The van der Waals surface area contributed by atoms with Crippen molar-refractivity contribution >= 4 is 27.5 Å². The maximum atomic E-state index is 13.0. The summed E-state index contributed by atoms with van der Waals surface area (Å²) >= 11 is 0. The zero-order valence-electron chi connectivity index (χ0n) is 14.6. The summed E-state index contributed by atoms with van der Waals surface area (Å²) in [5.74, 6) is -1.02. The van der Waals surface area contributed by atoms with E-state index in [-0.39, 0.29) is 30.0 Å². The summed E-state index contributed by atoms with van der Waals surface area (Å²) in [5.41, 5.74) is 0.739.